The Balaban J connectivity index is 1.79. The highest BCUT2D eigenvalue weighted by Gasteiger charge is 2.54. The van der Waals surface area contributed by atoms with E-state index in [1.54, 1.807) is 0 Å². The van der Waals surface area contributed by atoms with Crippen LogP contribution in [0.2, 0.25) is 0 Å². The fraction of sp³-hybridized carbons (Fsp3) is 1.00. The van der Waals surface area contributed by atoms with Gasteiger partial charge < -0.3 is 23.7 Å². The second-order valence-electron chi connectivity index (χ2n) is 15.6. The summed E-state index contributed by atoms with van der Waals surface area (Å²) in [5.41, 5.74) is -0.230. The molecule has 3 fully saturated rings. The van der Waals surface area contributed by atoms with Gasteiger partial charge in [-0.05, 0) is 75.0 Å². The van der Waals surface area contributed by atoms with E-state index in [4.69, 9.17) is 23.7 Å². The number of hydrogen-bond acceptors (Lipinski definition) is 5. The molecule has 0 aromatic rings. The monoisotopic (exact) mass is 566 g/mol. The highest BCUT2D eigenvalue weighted by atomic mass is 16.7. The summed E-state index contributed by atoms with van der Waals surface area (Å²) in [4.78, 5) is 0. The van der Waals surface area contributed by atoms with Crippen molar-refractivity contribution in [2.75, 3.05) is 0 Å². The summed E-state index contributed by atoms with van der Waals surface area (Å²) in [5, 5.41) is 0. The van der Waals surface area contributed by atoms with Crippen LogP contribution in [0.15, 0.2) is 0 Å². The maximum atomic E-state index is 7.07. The molecule has 3 aliphatic rings. The van der Waals surface area contributed by atoms with E-state index < -0.39 is 5.60 Å². The van der Waals surface area contributed by atoms with E-state index in [0.717, 1.165) is 19.3 Å². The minimum Gasteiger partial charge on any atom is -0.375 e. The first-order valence-corrected chi connectivity index (χ1v) is 16.8. The molecule has 0 saturated carbocycles. The second kappa shape index (κ2) is 13.2. The molecule has 0 N–H and O–H groups in total. The molecule has 3 rings (SSSR count). The lowest BCUT2D eigenvalue weighted by atomic mass is 9.61. The van der Waals surface area contributed by atoms with Crippen LogP contribution < -0.4 is 0 Å². The van der Waals surface area contributed by atoms with Crippen LogP contribution >= 0.6 is 0 Å². The predicted octanol–water partition coefficient (Wildman–Crippen LogP) is 8.73. The lowest BCUT2D eigenvalue weighted by Gasteiger charge is -2.56. The molecule has 0 aromatic carbocycles. The average molecular weight is 567 g/mol. The molecule has 3 aliphatic heterocycles. The van der Waals surface area contributed by atoms with Crippen molar-refractivity contribution in [1.82, 2.24) is 0 Å². The summed E-state index contributed by atoms with van der Waals surface area (Å²) in [6.45, 7) is 34.5. The molecule has 0 amide bonds. The Morgan fingerprint density at radius 1 is 0.525 bits per heavy atom. The largest absolute Gasteiger partial charge is 0.375 e. The molecule has 3 saturated heterocycles. The summed E-state index contributed by atoms with van der Waals surface area (Å²) < 4.78 is 34.0. The van der Waals surface area contributed by atoms with Crippen LogP contribution in [-0.4, -0.2) is 48.7 Å². The Labute approximate surface area is 248 Å². The quantitative estimate of drug-likeness (QED) is 0.294. The Morgan fingerprint density at radius 2 is 1.05 bits per heavy atom. The molecule has 0 bridgehead atoms. The number of hydrogen-bond donors (Lipinski definition) is 0. The summed E-state index contributed by atoms with van der Waals surface area (Å²) in [6, 6.07) is 0. The first-order valence-electron chi connectivity index (χ1n) is 16.8. The zero-order valence-electron chi connectivity index (χ0n) is 28.8. The lowest BCUT2D eigenvalue weighted by Crippen LogP contribution is -2.60. The van der Waals surface area contributed by atoms with Gasteiger partial charge in [0, 0.05) is 17.8 Å². The van der Waals surface area contributed by atoms with Gasteiger partial charge in [-0.15, -0.1) is 0 Å². The van der Waals surface area contributed by atoms with E-state index in [1.807, 2.05) is 0 Å². The number of ether oxygens (including phenoxy) is 5. The fourth-order valence-corrected chi connectivity index (χ4v) is 8.93. The first-order chi connectivity index (χ1) is 18.5. The minimum absolute atomic E-state index is 0.0139. The second-order valence-corrected chi connectivity index (χ2v) is 15.6. The summed E-state index contributed by atoms with van der Waals surface area (Å²) >= 11 is 0. The molecule has 0 radical (unpaired) electrons. The van der Waals surface area contributed by atoms with Crippen LogP contribution in [0.1, 0.15) is 123 Å². The van der Waals surface area contributed by atoms with Crippen molar-refractivity contribution in [3.63, 3.8) is 0 Å². The van der Waals surface area contributed by atoms with E-state index in [-0.39, 0.29) is 66.3 Å². The third kappa shape index (κ3) is 6.79. The van der Waals surface area contributed by atoms with Crippen molar-refractivity contribution in [1.29, 1.82) is 0 Å². The Hall–Kier alpha value is -0.200. The SMILES string of the molecule is CCC1OC(OC2C(CC)OC(OC(C)(C)C3C(CC)OC(C)C(C(C)(C)C)C3C)C(C)C2C)[C@@H](C)C(C)C1C. The van der Waals surface area contributed by atoms with Gasteiger partial charge in [-0.25, -0.2) is 0 Å². The first kappa shape index (κ1) is 34.3. The van der Waals surface area contributed by atoms with Crippen LogP contribution in [-0.2, 0) is 23.7 Å². The van der Waals surface area contributed by atoms with Gasteiger partial charge in [-0.1, -0.05) is 83.1 Å². The molecular formula is C35H66O5. The number of rotatable bonds is 8. The molecule has 5 nitrogen and oxygen atoms in total. The van der Waals surface area contributed by atoms with Gasteiger partial charge in [0.05, 0.1) is 36.1 Å². The molecule has 15 atom stereocenters. The highest BCUT2D eigenvalue weighted by molar-refractivity contribution is 5.00. The standard InChI is InChI=1S/C35H66O5/c1-16-26-20(5)19(4)22(7)32(37-26)39-31-21(6)23(8)33(38-28(31)18-3)40-35(14,15)30-24(9)29(34(11,12)13)25(10)36-27(30)17-2/h19-33H,16-18H2,1-15H3/t19?,20?,21?,22-,23?,24?,25?,26?,27?,28?,29?,30?,31?,32?,33?/m0/s1. The zero-order chi connectivity index (χ0) is 30.3. The van der Waals surface area contributed by atoms with Crippen LogP contribution in [0.4, 0.5) is 0 Å². The van der Waals surface area contributed by atoms with Gasteiger partial charge in [-0.2, -0.15) is 0 Å². The normalized spacial score (nSPS) is 47.3. The van der Waals surface area contributed by atoms with Crippen molar-refractivity contribution in [2.45, 2.75) is 172 Å². The molecule has 3 heterocycles. The maximum Gasteiger partial charge on any atom is 0.161 e. The lowest BCUT2D eigenvalue weighted by molar-refractivity contribution is -0.344. The molecule has 5 heteroatoms. The molecule has 14 unspecified atom stereocenters. The molecular weight excluding hydrogens is 500 g/mol. The van der Waals surface area contributed by atoms with E-state index >= 15 is 0 Å². The van der Waals surface area contributed by atoms with Crippen molar-refractivity contribution >= 4 is 0 Å². The highest BCUT2D eigenvalue weighted by Crippen LogP contribution is 2.50. The maximum absolute atomic E-state index is 7.07. The fourth-order valence-electron chi connectivity index (χ4n) is 8.93. The zero-order valence-corrected chi connectivity index (χ0v) is 28.8. The summed E-state index contributed by atoms with van der Waals surface area (Å²) in [7, 11) is 0. The smallest absolute Gasteiger partial charge is 0.161 e. The van der Waals surface area contributed by atoms with E-state index in [2.05, 4.69) is 104 Å². The topological polar surface area (TPSA) is 46.2 Å². The molecule has 40 heavy (non-hydrogen) atoms. The van der Waals surface area contributed by atoms with Crippen LogP contribution in [0.5, 0.6) is 0 Å². The van der Waals surface area contributed by atoms with E-state index in [9.17, 15) is 0 Å². The minimum atomic E-state index is -0.394. The van der Waals surface area contributed by atoms with Gasteiger partial charge in [0.1, 0.15) is 0 Å². The van der Waals surface area contributed by atoms with Gasteiger partial charge in [0.2, 0.25) is 0 Å². The summed E-state index contributed by atoms with van der Waals surface area (Å²) in [6.07, 6.45) is 3.04. The van der Waals surface area contributed by atoms with Gasteiger partial charge in [0.25, 0.3) is 0 Å². The van der Waals surface area contributed by atoms with Crippen molar-refractivity contribution < 1.29 is 23.7 Å². The average Bonchev–Trinajstić information content (AvgIpc) is 2.86. The van der Waals surface area contributed by atoms with Gasteiger partial charge >= 0.3 is 0 Å². The molecule has 236 valence electrons. The van der Waals surface area contributed by atoms with E-state index in [1.165, 1.54) is 0 Å². The third-order valence-electron chi connectivity index (χ3n) is 11.6. The Kier molecular flexibility index (Phi) is 11.3. The third-order valence-corrected chi connectivity index (χ3v) is 11.6. The molecule has 0 aliphatic carbocycles. The summed E-state index contributed by atoms with van der Waals surface area (Å²) in [5.74, 6) is 3.15. The molecule has 0 spiro atoms. The molecule has 0 aromatic heterocycles. The van der Waals surface area contributed by atoms with Crippen LogP contribution in [0, 0.1) is 52.8 Å². The van der Waals surface area contributed by atoms with Crippen molar-refractivity contribution in [3.8, 4) is 0 Å². The van der Waals surface area contributed by atoms with Crippen molar-refractivity contribution in [3.05, 3.63) is 0 Å². The van der Waals surface area contributed by atoms with E-state index in [0.29, 0.717) is 29.6 Å². The van der Waals surface area contributed by atoms with Crippen LogP contribution in [0.25, 0.3) is 0 Å². The van der Waals surface area contributed by atoms with Gasteiger partial charge in [-0.3, -0.25) is 0 Å². The van der Waals surface area contributed by atoms with Gasteiger partial charge in [0.15, 0.2) is 12.6 Å². The van der Waals surface area contributed by atoms with Crippen molar-refractivity contribution in [2.24, 2.45) is 52.8 Å². The van der Waals surface area contributed by atoms with Crippen LogP contribution in [0.3, 0.4) is 0 Å². The predicted molar refractivity (Wildman–Crippen MR) is 164 cm³/mol. The Bertz CT molecular complexity index is 787. The Morgan fingerprint density at radius 3 is 1.57 bits per heavy atom.